The van der Waals surface area contributed by atoms with Gasteiger partial charge in [0.2, 0.25) is 5.91 Å². The van der Waals surface area contributed by atoms with Crippen LogP contribution in [0.15, 0.2) is 5.38 Å². The van der Waals surface area contributed by atoms with E-state index in [1.165, 1.54) is 12.8 Å². The number of carbonyl (C=O) groups is 1. The molecule has 3 aliphatic rings. The van der Waals surface area contributed by atoms with Gasteiger partial charge in [0.05, 0.1) is 16.8 Å². The average molecular weight is 350 g/mol. The van der Waals surface area contributed by atoms with Crippen LogP contribution in [0, 0.1) is 12.8 Å². The first-order valence-electron chi connectivity index (χ1n) is 9.26. The van der Waals surface area contributed by atoms with Crippen LogP contribution in [0.3, 0.4) is 0 Å². The highest BCUT2D eigenvalue weighted by atomic mass is 32.1. The summed E-state index contributed by atoms with van der Waals surface area (Å²) >= 11 is 1.71. The zero-order chi connectivity index (χ0) is 16.5. The standard InChI is InChI=1S/C18H27N3O2S/c1-12-19-15(11-24-12)9-21-7-6-13-8-16(23-17(13)10-21)18(22)20-14-4-2-3-5-14/h11,13-14,16-17H,2-10H2,1H3,(H,20,22)/t13-,16+,17-/m0/s1. The predicted molar refractivity (Wildman–Crippen MR) is 93.9 cm³/mol. The Bertz CT molecular complexity index is 585. The van der Waals surface area contributed by atoms with E-state index in [0.717, 1.165) is 56.0 Å². The minimum Gasteiger partial charge on any atom is -0.364 e. The topological polar surface area (TPSA) is 54.5 Å². The molecule has 1 saturated carbocycles. The number of nitrogens with one attached hydrogen (secondary N) is 1. The van der Waals surface area contributed by atoms with Crippen molar-refractivity contribution in [3.63, 3.8) is 0 Å². The second-order valence-corrected chi connectivity index (χ2v) is 8.59. The Morgan fingerprint density at radius 3 is 3.00 bits per heavy atom. The lowest BCUT2D eigenvalue weighted by Gasteiger charge is -2.33. The lowest BCUT2D eigenvalue weighted by Crippen LogP contribution is -2.42. The van der Waals surface area contributed by atoms with Crippen LogP contribution in [0.5, 0.6) is 0 Å². The second kappa shape index (κ2) is 7.10. The quantitative estimate of drug-likeness (QED) is 0.907. The summed E-state index contributed by atoms with van der Waals surface area (Å²) in [5.74, 6) is 0.663. The lowest BCUT2D eigenvalue weighted by molar-refractivity contribution is -0.133. The molecule has 132 valence electrons. The summed E-state index contributed by atoms with van der Waals surface area (Å²) < 4.78 is 6.14. The van der Waals surface area contributed by atoms with Crippen LogP contribution in [-0.2, 0) is 16.1 Å². The first-order valence-corrected chi connectivity index (χ1v) is 10.1. The van der Waals surface area contributed by atoms with Crippen LogP contribution in [0.2, 0.25) is 0 Å². The third-order valence-electron chi connectivity index (χ3n) is 5.68. The normalized spacial score (nSPS) is 31.3. The van der Waals surface area contributed by atoms with Crippen molar-refractivity contribution >= 4 is 17.2 Å². The van der Waals surface area contributed by atoms with Gasteiger partial charge in [0.1, 0.15) is 6.10 Å². The fraction of sp³-hybridized carbons (Fsp3) is 0.778. The number of rotatable bonds is 4. The second-order valence-electron chi connectivity index (χ2n) is 7.53. The van der Waals surface area contributed by atoms with Crippen molar-refractivity contribution in [2.75, 3.05) is 13.1 Å². The molecular weight excluding hydrogens is 322 g/mol. The van der Waals surface area contributed by atoms with Crippen LogP contribution < -0.4 is 5.32 Å². The molecule has 1 aromatic heterocycles. The van der Waals surface area contributed by atoms with Crippen molar-refractivity contribution in [2.45, 2.75) is 70.2 Å². The lowest BCUT2D eigenvalue weighted by atomic mass is 9.91. The molecular formula is C18H27N3O2S. The van der Waals surface area contributed by atoms with Gasteiger partial charge in [-0.15, -0.1) is 11.3 Å². The van der Waals surface area contributed by atoms with Crippen LogP contribution in [0.4, 0.5) is 0 Å². The highest BCUT2D eigenvalue weighted by Gasteiger charge is 2.42. The third kappa shape index (κ3) is 3.65. The van der Waals surface area contributed by atoms with E-state index in [1.807, 2.05) is 6.92 Å². The first-order chi connectivity index (χ1) is 11.7. The van der Waals surface area contributed by atoms with Crippen LogP contribution in [0.25, 0.3) is 0 Å². The summed E-state index contributed by atoms with van der Waals surface area (Å²) in [6.07, 6.45) is 6.74. The van der Waals surface area contributed by atoms with Crippen molar-refractivity contribution in [1.82, 2.24) is 15.2 Å². The number of aryl methyl sites for hydroxylation is 1. The molecule has 6 heteroatoms. The molecule has 2 saturated heterocycles. The van der Waals surface area contributed by atoms with Crippen molar-refractivity contribution in [3.05, 3.63) is 16.1 Å². The summed E-state index contributed by atoms with van der Waals surface area (Å²) in [6, 6.07) is 0.383. The molecule has 0 aromatic carbocycles. The molecule has 0 unspecified atom stereocenters. The zero-order valence-corrected chi connectivity index (χ0v) is 15.2. The molecule has 3 atom stereocenters. The minimum absolute atomic E-state index is 0.123. The summed E-state index contributed by atoms with van der Waals surface area (Å²) in [7, 11) is 0. The summed E-state index contributed by atoms with van der Waals surface area (Å²) in [5, 5.41) is 6.47. The summed E-state index contributed by atoms with van der Waals surface area (Å²) in [6.45, 7) is 4.95. The number of thiazole rings is 1. The van der Waals surface area contributed by atoms with Crippen LogP contribution in [0.1, 0.15) is 49.2 Å². The van der Waals surface area contributed by atoms with Gasteiger partial charge in [-0.25, -0.2) is 4.98 Å². The highest BCUT2D eigenvalue weighted by Crippen LogP contribution is 2.34. The molecule has 2 aliphatic heterocycles. The molecule has 0 bridgehead atoms. The molecule has 3 heterocycles. The number of fused-ring (bicyclic) bond motifs is 1. The molecule has 24 heavy (non-hydrogen) atoms. The van der Waals surface area contributed by atoms with Crippen molar-refractivity contribution < 1.29 is 9.53 Å². The van der Waals surface area contributed by atoms with E-state index in [9.17, 15) is 4.79 Å². The largest absolute Gasteiger partial charge is 0.364 e. The Kier molecular flexibility index (Phi) is 4.88. The molecule has 1 aromatic rings. The van der Waals surface area contributed by atoms with Gasteiger partial charge < -0.3 is 10.1 Å². The minimum atomic E-state index is -0.234. The third-order valence-corrected chi connectivity index (χ3v) is 6.50. The number of nitrogens with zero attached hydrogens (tertiary/aromatic N) is 2. The van der Waals surface area contributed by atoms with E-state index in [2.05, 4.69) is 20.6 Å². The molecule has 5 nitrogen and oxygen atoms in total. The molecule has 0 spiro atoms. The fourth-order valence-electron chi connectivity index (χ4n) is 4.38. The van der Waals surface area contributed by atoms with Crippen LogP contribution in [-0.4, -0.2) is 47.1 Å². The predicted octanol–water partition coefficient (Wildman–Crippen LogP) is 2.49. The van der Waals surface area contributed by atoms with E-state index in [1.54, 1.807) is 11.3 Å². The Labute approximate surface area is 147 Å². The van der Waals surface area contributed by atoms with E-state index >= 15 is 0 Å². The maximum atomic E-state index is 12.5. The smallest absolute Gasteiger partial charge is 0.249 e. The molecule has 3 fully saturated rings. The van der Waals surface area contributed by atoms with E-state index in [4.69, 9.17) is 4.74 Å². The Morgan fingerprint density at radius 2 is 2.25 bits per heavy atom. The number of likely N-dealkylation sites (tertiary alicyclic amines) is 1. The molecule has 4 rings (SSSR count). The fourth-order valence-corrected chi connectivity index (χ4v) is 4.98. The number of piperidine rings is 1. The molecule has 0 radical (unpaired) electrons. The van der Waals surface area contributed by atoms with Crippen molar-refractivity contribution in [2.24, 2.45) is 5.92 Å². The number of amides is 1. The van der Waals surface area contributed by atoms with Crippen molar-refractivity contribution in [3.8, 4) is 0 Å². The van der Waals surface area contributed by atoms with E-state index in [-0.39, 0.29) is 18.1 Å². The first kappa shape index (κ1) is 16.5. The summed E-state index contributed by atoms with van der Waals surface area (Å²) in [4.78, 5) is 19.4. The van der Waals surface area contributed by atoms with Gasteiger partial charge in [0.15, 0.2) is 0 Å². The Balaban J connectivity index is 1.29. The maximum absolute atomic E-state index is 12.5. The van der Waals surface area contributed by atoms with Gasteiger partial charge in [0, 0.05) is 24.5 Å². The number of carbonyl (C=O) groups excluding carboxylic acids is 1. The number of aromatic nitrogens is 1. The maximum Gasteiger partial charge on any atom is 0.249 e. The summed E-state index contributed by atoms with van der Waals surface area (Å²) in [5.41, 5.74) is 1.16. The Morgan fingerprint density at radius 1 is 1.42 bits per heavy atom. The number of hydrogen-bond donors (Lipinski definition) is 1. The molecule has 1 amide bonds. The van der Waals surface area contributed by atoms with Gasteiger partial charge in [0.25, 0.3) is 0 Å². The zero-order valence-electron chi connectivity index (χ0n) is 14.4. The van der Waals surface area contributed by atoms with Gasteiger partial charge >= 0.3 is 0 Å². The van der Waals surface area contributed by atoms with Gasteiger partial charge in [-0.1, -0.05) is 12.8 Å². The van der Waals surface area contributed by atoms with E-state index < -0.39 is 0 Å². The SMILES string of the molecule is Cc1nc(CN2CC[C@H]3C[C@H](C(=O)NC4CCCC4)O[C@H]3C2)cs1. The van der Waals surface area contributed by atoms with Crippen molar-refractivity contribution in [1.29, 1.82) is 0 Å². The van der Waals surface area contributed by atoms with Crippen LogP contribution >= 0.6 is 11.3 Å². The van der Waals surface area contributed by atoms with E-state index in [0.29, 0.717) is 12.0 Å². The molecule has 1 aliphatic carbocycles. The molecule has 1 N–H and O–H groups in total. The average Bonchev–Trinajstić information content (AvgIpc) is 3.28. The van der Waals surface area contributed by atoms with Gasteiger partial charge in [-0.3, -0.25) is 9.69 Å². The van der Waals surface area contributed by atoms with Gasteiger partial charge in [-0.2, -0.15) is 0 Å². The monoisotopic (exact) mass is 349 g/mol. The van der Waals surface area contributed by atoms with Gasteiger partial charge in [-0.05, 0) is 45.1 Å². The number of hydrogen-bond acceptors (Lipinski definition) is 5. The highest BCUT2D eigenvalue weighted by molar-refractivity contribution is 7.09. The number of ether oxygens (including phenoxy) is 1. The Hall–Kier alpha value is -0.980.